The summed E-state index contributed by atoms with van der Waals surface area (Å²) in [4.78, 5) is 2.52. The van der Waals surface area contributed by atoms with E-state index in [0.29, 0.717) is 0 Å². The lowest BCUT2D eigenvalue weighted by molar-refractivity contribution is 0.660. The van der Waals surface area contributed by atoms with Crippen LogP contribution in [0.4, 0.5) is 17.1 Å². The van der Waals surface area contributed by atoms with Gasteiger partial charge in [0.15, 0.2) is 8.07 Å². The molecule has 1 nitrogen and oxygen atoms in total. The van der Waals surface area contributed by atoms with Gasteiger partial charge in [0.05, 0.1) is 0 Å². The van der Waals surface area contributed by atoms with Crippen LogP contribution in [0.2, 0.25) is 0 Å². The lowest BCUT2D eigenvalue weighted by atomic mass is 9.81. The molecule has 0 saturated carbocycles. The summed E-state index contributed by atoms with van der Waals surface area (Å²) in [6, 6.07) is 78.7. The van der Waals surface area contributed by atoms with Gasteiger partial charge in [0.25, 0.3) is 0 Å². The van der Waals surface area contributed by atoms with E-state index in [9.17, 15) is 0 Å². The number of rotatable bonds is 6. The number of hydrogen-bond acceptors (Lipinski definition) is 1. The molecular weight excluding hydrogens is 775 g/mol. The Kier molecular flexibility index (Phi) is 8.23. The third-order valence-corrected chi connectivity index (χ3v) is 19.6. The van der Waals surface area contributed by atoms with E-state index in [-0.39, 0.29) is 10.8 Å². The molecule has 9 aromatic carbocycles. The summed E-state index contributed by atoms with van der Waals surface area (Å²) in [6.45, 7) is 11.7. The smallest absolute Gasteiger partial charge is 0.180 e. The zero-order valence-corrected chi connectivity index (χ0v) is 37.6. The molecule has 0 fully saturated rings. The van der Waals surface area contributed by atoms with E-state index in [4.69, 9.17) is 0 Å². The first kappa shape index (κ1) is 37.7. The number of fused-ring (bicyclic) bond motifs is 9. The highest BCUT2D eigenvalue weighted by molar-refractivity contribution is 7.22. The van der Waals surface area contributed by atoms with Crippen molar-refractivity contribution in [3.63, 3.8) is 0 Å². The molecule has 302 valence electrons. The summed E-state index contributed by atoms with van der Waals surface area (Å²) in [5, 5.41) is 5.73. The van der Waals surface area contributed by atoms with Gasteiger partial charge in [-0.15, -0.1) is 0 Å². The van der Waals surface area contributed by atoms with E-state index in [1.807, 2.05) is 0 Å². The van der Waals surface area contributed by atoms with Crippen molar-refractivity contribution in [1.29, 1.82) is 0 Å². The van der Waals surface area contributed by atoms with E-state index in [1.54, 1.807) is 0 Å². The van der Waals surface area contributed by atoms with Crippen molar-refractivity contribution < 1.29 is 0 Å². The van der Waals surface area contributed by atoms with Gasteiger partial charge >= 0.3 is 0 Å². The monoisotopic (exact) mass is 823 g/mol. The first-order chi connectivity index (χ1) is 30.7. The van der Waals surface area contributed by atoms with Gasteiger partial charge in [-0.3, -0.25) is 0 Å². The third kappa shape index (κ3) is 5.41. The Labute approximate surface area is 373 Å². The molecule has 0 radical (unpaired) electrons. The lowest BCUT2D eigenvalue weighted by Crippen LogP contribution is -2.72. The highest BCUT2D eigenvalue weighted by Gasteiger charge is 2.49. The van der Waals surface area contributed by atoms with Gasteiger partial charge in [-0.1, -0.05) is 197 Å². The largest absolute Gasteiger partial charge is 0.310 e. The van der Waals surface area contributed by atoms with Gasteiger partial charge in [0, 0.05) is 27.9 Å². The van der Waals surface area contributed by atoms with Crippen LogP contribution in [-0.2, 0) is 10.8 Å². The molecule has 2 aliphatic carbocycles. The molecule has 63 heavy (non-hydrogen) atoms. The Morgan fingerprint density at radius 3 is 1.43 bits per heavy atom. The minimum Gasteiger partial charge on any atom is -0.310 e. The molecule has 0 unspecified atom stereocenters. The predicted octanol–water partition coefficient (Wildman–Crippen LogP) is 13.1. The Morgan fingerprint density at radius 1 is 0.333 bits per heavy atom. The van der Waals surface area contributed by atoms with Crippen LogP contribution in [0.25, 0.3) is 44.5 Å². The van der Waals surface area contributed by atoms with Gasteiger partial charge in [0.2, 0.25) is 0 Å². The minimum absolute atomic E-state index is 0.0740. The summed E-state index contributed by atoms with van der Waals surface area (Å²) in [5.74, 6) is 0. The fourth-order valence-corrected chi connectivity index (χ4v) is 17.1. The molecule has 1 heterocycles. The van der Waals surface area contributed by atoms with Gasteiger partial charge in [0.1, 0.15) is 0 Å². The fraction of sp³-hybridized carbons (Fsp3) is 0.115. The van der Waals surface area contributed by atoms with E-state index in [2.05, 4.69) is 246 Å². The molecule has 0 aromatic heterocycles. The van der Waals surface area contributed by atoms with Crippen molar-refractivity contribution in [2.45, 2.75) is 45.4 Å². The van der Waals surface area contributed by atoms with Gasteiger partial charge < -0.3 is 4.90 Å². The van der Waals surface area contributed by atoms with Crippen LogP contribution < -0.4 is 25.6 Å². The Bertz CT molecular complexity index is 3290. The maximum atomic E-state index is 2.53. The van der Waals surface area contributed by atoms with Crippen LogP contribution in [0.15, 0.2) is 206 Å². The van der Waals surface area contributed by atoms with Gasteiger partial charge in [-0.2, -0.15) is 0 Å². The SMILES string of the molecule is Cc1cccc([Si]2(c3cccc(N(c4cccc(-c5ccc6c(c5)C(C)(C)c5ccccc5-6)c4)c4ccc5c(c4)C(C)(C)c4ccccc4-5)c3)c3ccccc3-c3ccccc32)c1. The summed E-state index contributed by atoms with van der Waals surface area (Å²) < 4.78 is 0. The number of hydrogen-bond donors (Lipinski definition) is 0. The molecule has 9 aromatic rings. The number of anilines is 3. The van der Waals surface area contributed by atoms with Gasteiger partial charge in [-0.05, 0) is 137 Å². The molecule has 2 heteroatoms. The average Bonchev–Trinajstić information content (AvgIpc) is 3.84. The summed E-state index contributed by atoms with van der Waals surface area (Å²) >= 11 is 0. The lowest BCUT2D eigenvalue weighted by Gasteiger charge is -2.33. The number of nitrogens with zero attached hydrogens (tertiary/aromatic N) is 1. The third-order valence-electron chi connectivity index (χ3n) is 14.8. The standard InChI is InChI=1S/C61H49NSi/c1-40-17-14-21-46(35-40)63(58-29-12-8-25-52(58)53-26-9-13-30-59(53)63)47-22-16-20-44(38-47)62(45-32-34-51-49-24-7-11-28-55(49)61(4,5)57(51)39-45)43-19-15-18-41(36-43)42-31-33-50-48-23-6-10-27-54(48)60(2,3)56(50)37-42/h6-39H,1-5H3. The van der Waals surface area contributed by atoms with Gasteiger partial charge in [-0.25, -0.2) is 0 Å². The molecule has 0 amide bonds. The second-order valence-electron chi connectivity index (χ2n) is 19.0. The summed E-state index contributed by atoms with van der Waals surface area (Å²) in [7, 11) is -2.76. The maximum absolute atomic E-state index is 2.76. The zero-order valence-electron chi connectivity index (χ0n) is 36.6. The highest BCUT2D eigenvalue weighted by Crippen LogP contribution is 2.52. The second kappa shape index (κ2) is 13.7. The van der Waals surface area contributed by atoms with Crippen LogP contribution in [0.5, 0.6) is 0 Å². The first-order valence-corrected chi connectivity index (χ1v) is 24.4. The molecule has 0 bridgehead atoms. The van der Waals surface area contributed by atoms with E-state index in [1.165, 1.54) is 93.1 Å². The molecule has 3 aliphatic rings. The Morgan fingerprint density at radius 2 is 0.794 bits per heavy atom. The molecule has 0 saturated heterocycles. The number of benzene rings is 9. The fourth-order valence-electron chi connectivity index (χ4n) is 11.8. The van der Waals surface area contributed by atoms with Crippen LogP contribution in [0, 0.1) is 6.92 Å². The average molecular weight is 824 g/mol. The Balaban J connectivity index is 1.07. The molecule has 12 rings (SSSR count). The molecule has 0 N–H and O–H groups in total. The van der Waals surface area contributed by atoms with E-state index in [0.717, 1.165) is 17.1 Å². The molecule has 0 spiro atoms. The summed E-state index contributed by atoms with van der Waals surface area (Å²) in [5.41, 5.74) is 20.6. The molecule has 1 aliphatic heterocycles. The van der Waals surface area contributed by atoms with Crippen LogP contribution in [0.3, 0.4) is 0 Å². The van der Waals surface area contributed by atoms with Crippen molar-refractivity contribution in [2.75, 3.05) is 4.90 Å². The minimum atomic E-state index is -2.76. The summed E-state index contributed by atoms with van der Waals surface area (Å²) in [6.07, 6.45) is 0. The second-order valence-corrected chi connectivity index (χ2v) is 22.7. The zero-order chi connectivity index (χ0) is 42.7. The van der Waals surface area contributed by atoms with E-state index >= 15 is 0 Å². The molecular formula is C61H49NSi. The van der Waals surface area contributed by atoms with Crippen molar-refractivity contribution in [3.05, 3.63) is 234 Å². The molecule has 0 atom stereocenters. The topological polar surface area (TPSA) is 3.24 Å². The normalized spacial score (nSPS) is 15.1. The van der Waals surface area contributed by atoms with Crippen molar-refractivity contribution in [3.8, 4) is 44.5 Å². The van der Waals surface area contributed by atoms with Crippen LogP contribution >= 0.6 is 0 Å². The van der Waals surface area contributed by atoms with Crippen molar-refractivity contribution >= 4 is 45.9 Å². The quantitative estimate of drug-likeness (QED) is 0.151. The predicted molar refractivity (Wildman–Crippen MR) is 269 cm³/mol. The maximum Gasteiger partial charge on any atom is 0.180 e. The van der Waals surface area contributed by atoms with Crippen LogP contribution in [0.1, 0.15) is 55.5 Å². The Hall–Kier alpha value is -7.00. The number of aryl methyl sites for hydroxylation is 1. The van der Waals surface area contributed by atoms with Crippen LogP contribution in [-0.4, -0.2) is 8.07 Å². The van der Waals surface area contributed by atoms with E-state index < -0.39 is 8.07 Å². The first-order valence-electron chi connectivity index (χ1n) is 22.4. The highest BCUT2D eigenvalue weighted by atomic mass is 28.3. The van der Waals surface area contributed by atoms with Crippen molar-refractivity contribution in [1.82, 2.24) is 0 Å². The van der Waals surface area contributed by atoms with Crippen molar-refractivity contribution in [2.24, 2.45) is 0 Å².